The van der Waals surface area contributed by atoms with Crippen LogP contribution < -0.4 is 11.1 Å². The quantitative estimate of drug-likeness (QED) is 0.639. The number of anilines is 1. The second kappa shape index (κ2) is 6.53. The Morgan fingerprint density at radius 3 is 2.62 bits per heavy atom. The predicted octanol–water partition coefficient (Wildman–Crippen LogP) is 3.21. The number of nitro groups is 1. The fourth-order valence-electron chi connectivity index (χ4n) is 2.73. The van der Waals surface area contributed by atoms with Crippen molar-refractivity contribution in [1.82, 2.24) is 0 Å². The molecule has 0 saturated heterocycles. The molecule has 1 fully saturated rings. The van der Waals surface area contributed by atoms with Crippen LogP contribution in [0.5, 0.6) is 0 Å². The van der Waals surface area contributed by atoms with E-state index in [0.29, 0.717) is 16.7 Å². The summed E-state index contributed by atoms with van der Waals surface area (Å²) < 4.78 is 0.615. The summed E-state index contributed by atoms with van der Waals surface area (Å²) >= 11 is 3.30. The van der Waals surface area contributed by atoms with E-state index in [0.717, 1.165) is 32.1 Å². The van der Waals surface area contributed by atoms with Crippen molar-refractivity contribution in [3.05, 3.63) is 32.8 Å². The molecule has 21 heavy (non-hydrogen) atoms. The third-order valence-electron chi connectivity index (χ3n) is 4.09. The highest BCUT2D eigenvalue weighted by molar-refractivity contribution is 9.10. The number of carbonyl (C=O) groups excluding carboxylic acids is 1. The lowest BCUT2D eigenvalue weighted by atomic mass is 9.73. The normalized spacial score (nSPS) is 17.2. The summed E-state index contributed by atoms with van der Waals surface area (Å²) in [7, 11) is 0. The number of amides is 1. The number of nitrogens with two attached hydrogens (primary N) is 1. The average molecular weight is 356 g/mol. The zero-order chi connectivity index (χ0) is 15.5. The molecule has 0 aliphatic heterocycles. The summed E-state index contributed by atoms with van der Waals surface area (Å²) in [6, 6.07) is 4.30. The number of hydrogen-bond donors (Lipinski definition) is 2. The van der Waals surface area contributed by atoms with Crippen molar-refractivity contribution in [3.8, 4) is 0 Å². The minimum atomic E-state index is -0.553. The minimum absolute atomic E-state index is 0.0565. The van der Waals surface area contributed by atoms with Crippen LogP contribution in [0.25, 0.3) is 0 Å². The van der Waals surface area contributed by atoms with Gasteiger partial charge in [-0.2, -0.15) is 0 Å². The highest BCUT2D eigenvalue weighted by Crippen LogP contribution is 2.37. The van der Waals surface area contributed by atoms with Gasteiger partial charge in [0.2, 0.25) is 5.91 Å². The molecule has 1 aromatic rings. The molecule has 1 aromatic carbocycles. The smallest absolute Gasteiger partial charge is 0.271 e. The highest BCUT2D eigenvalue weighted by atomic mass is 79.9. The van der Waals surface area contributed by atoms with E-state index in [1.165, 1.54) is 12.1 Å². The lowest BCUT2D eigenvalue weighted by Crippen LogP contribution is -2.43. The van der Waals surface area contributed by atoms with Gasteiger partial charge < -0.3 is 11.1 Å². The van der Waals surface area contributed by atoms with E-state index in [2.05, 4.69) is 21.2 Å². The summed E-state index contributed by atoms with van der Waals surface area (Å²) in [4.78, 5) is 22.9. The molecule has 0 radical (unpaired) electrons. The van der Waals surface area contributed by atoms with Crippen molar-refractivity contribution in [2.75, 3.05) is 11.9 Å². The zero-order valence-corrected chi connectivity index (χ0v) is 13.2. The van der Waals surface area contributed by atoms with Gasteiger partial charge in [0.05, 0.1) is 16.0 Å². The number of carbonyl (C=O) groups is 1. The SMILES string of the molecule is NCC1(C(=O)Nc2cc([N+](=O)[O-])ccc2Br)CCCCC1. The third kappa shape index (κ3) is 3.41. The summed E-state index contributed by atoms with van der Waals surface area (Å²) in [5.74, 6) is -0.147. The van der Waals surface area contributed by atoms with Crippen LogP contribution in [-0.2, 0) is 4.79 Å². The van der Waals surface area contributed by atoms with Crippen LogP contribution in [0.2, 0.25) is 0 Å². The molecule has 7 heteroatoms. The van der Waals surface area contributed by atoms with Crippen molar-refractivity contribution in [2.45, 2.75) is 32.1 Å². The maximum absolute atomic E-state index is 12.6. The number of non-ortho nitro benzene ring substituents is 1. The van der Waals surface area contributed by atoms with E-state index in [1.54, 1.807) is 6.07 Å². The lowest BCUT2D eigenvalue weighted by Gasteiger charge is -2.34. The van der Waals surface area contributed by atoms with Crippen LogP contribution in [0.4, 0.5) is 11.4 Å². The Labute approximate surface area is 131 Å². The molecule has 1 aliphatic carbocycles. The number of nitrogens with zero attached hydrogens (tertiary/aromatic N) is 1. The van der Waals surface area contributed by atoms with Crippen LogP contribution in [0.1, 0.15) is 32.1 Å². The summed E-state index contributed by atoms with van der Waals surface area (Å²) in [5.41, 5.74) is 5.63. The molecular formula is C14H18BrN3O3. The molecule has 0 unspecified atom stereocenters. The first-order chi connectivity index (χ1) is 9.98. The van der Waals surface area contributed by atoms with Crippen molar-refractivity contribution >= 4 is 33.2 Å². The van der Waals surface area contributed by atoms with Crippen LogP contribution >= 0.6 is 15.9 Å². The Kier molecular flexibility index (Phi) is 4.95. The Morgan fingerprint density at radius 2 is 2.05 bits per heavy atom. The van der Waals surface area contributed by atoms with Crippen molar-refractivity contribution in [2.24, 2.45) is 11.1 Å². The molecule has 1 amide bonds. The Hall–Kier alpha value is -1.47. The second-order valence-corrected chi connectivity index (χ2v) is 6.27. The summed E-state index contributed by atoms with van der Waals surface area (Å²) in [5, 5.41) is 13.6. The first-order valence-electron chi connectivity index (χ1n) is 6.94. The van der Waals surface area contributed by atoms with Gasteiger partial charge in [0.1, 0.15) is 0 Å². The van der Waals surface area contributed by atoms with Gasteiger partial charge in [0.25, 0.3) is 5.69 Å². The van der Waals surface area contributed by atoms with Crippen LogP contribution in [-0.4, -0.2) is 17.4 Å². The maximum atomic E-state index is 12.6. The third-order valence-corrected chi connectivity index (χ3v) is 4.78. The number of hydrogen-bond acceptors (Lipinski definition) is 4. The Balaban J connectivity index is 2.22. The zero-order valence-electron chi connectivity index (χ0n) is 11.6. The Morgan fingerprint density at radius 1 is 1.38 bits per heavy atom. The summed E-state index contributed by atoms with van der Waals surface area (Å²) in [6.45, 7) is 0.297. The number of halogens is 1. The molecule has 0 bridgehead atoms. The maximum Gasteiger partial charge on any atom is 0.271 e. The number of rotatable bonds is 4. The monoisotopic (exact) mass is 355 g/mol. The van der Waals surface area contributed by atoms with Gasteiger partial charge >= 0.3 is 0 Å². The minimum Gasteiger partial charge on any atom is -0.329 e. The molecule has 0 heterocycles. The van der Waals surface area contributed by atoms with Crippen molar-refractivity contribution < 1.29 is 9.72 Å². The number of benzene rings is 1. The number of nitro benzene ring substituents is 1. The van der Waals surface area contributed by atoms with E-state index in [1.807, 2.05) is 0 Å². The average Bonchev–Trinajstić information content (AvgIpc) is 2.49. The molecule has 114 valence electrons. The molecule has 0 spiro atoms. The van der Waals surface area contributed by atoms with Gasteiger partial charge in [-0.25, -0.2) is 0 Å². The lowest BCUT2D eigenvalue weighted by molar-refractivity contribution is -0.384. The number of nitrogens with one attached hydrogen (secondary N) is 1. The van der Waals surface area contributed by atoms with Crippen LogP contribution in [0, 0.1) is 15.5 Å². The molecule has 0 aromatic heterocycles. The van der Waals surface area contributed by atoms with Gasteiger partial charge in [-0.1, -0.05) is 19.3 Å². The van der Waals surface area contributed by atoms with Crippen molar-refractivity contribution in [3.63, 3.8) is 0 Å². The topological polar surface area (TPSA) is 98.3 Å². The summed E-state index contributed by atoms with van der Waals surface area (Å²) in [6.07, 6.45) is 4.63. The fourth-order valence-corrected chi connectivity index (χ4v) is 3.08. The first-order valence-corrected chi connectivity index (χ1v) is 7.73. The molecule has 1 saturated carbocycles. The van der Waals surface area contributed by atoms with Crippen LogP contribution in [0.3, 0.4) is 0 Å². The molecule has 2 rings (SSSR count). The van der Waals surface area contributed by atoms with E-state index in [9.17, 15) is 14.9 Å². The molecular weight excluding hydrogens is 338 g/mol. The van der Waals surface area contributed by atoms with Gasteiger partial charge in [0, 0.05) is 23.2 Å². The second-order valence-electron chi connectivity index (χ2n) is 5.42. The van der Waals surface area contributed by atoms with Crippen LogP contribution in [0.15, 0.2) is 22.7 Å². The predicted molar refractivity (Wildman–Crippen MR) is 84.0 cm³/mol. The molecule has 0 atom stereocenters. The van der Waals surface area contributed by atoms with E-state index >= 15 is 0 Å². The van der Waals surface area contributed by atoms with E-state index in [4.69, 9.17) is 5.73 Å². The Bertz CT molecular complexity index is 556. The van der Waals surface area contributed by atoms with Gasteiger partial charge in [0.15, 0.2) is 0 Å². The largest absolute Gasteiger partial charge is 0.329 e. The van der Waals surface area contributed by atoms with E-state index in [-0.39, 0.29) is 11.6 Å². The molecule has 1 aliphatic rings. The van der Waals surface area contributed by atoms with Gasteiger partial charge in [-0.3, -0.25) is 14.9 Å². The first kappa shape index (κ1) is 15.9. The van der Waals surface area contributed by atoms with Gasteiger partial charge in [-0.15, -0.1) is 0 Å². The highest BCUT2D eigenvalue weighted by Gasteiger charge is 2.38. The van der Waals surface area contributed by atoms with Gasteiger partial charge in [-0.05, 0) is 34.8 Å². The fraction of sp³-hybridized carbons (Fsp3) is 0.500. The van der Waals surface area contributed by atoms with Crippen molar-refractivity contribution in [1.29, 1.82) is 0 Å². The van der Waals surface area contributed by atoms with E-state index < -0.39 is 10.3 Å². The standard InChI is InChI=1S/C14H18BrN3O3/c15-11-5-4-10(18(20)21)8-12(11)17-13(19)14(9-16)6-2-1-3-7-14/h4-5,8H,1-3,6-7,9,16H2,(H,17,19). The molecule has 3 N–H and O–H groups in total. The molecule has 6 nitrogen and oxygen atoms in total.